The fourth-order valence-corrected chi connectivity index (χ4v) is 2.17. The van der Waals surface area contributed by atoms with Crippen LogP contribution in [-0.2, 0) is 12.7 Å². The number of rotatable bonds is 4. The number of amides is 1. The number of aromatic amines is 1. The van der Waals surface area contributed by atoms with E-state index in [0.717, 1.165) is 11.0 Å². The van der Waals surface area contributed by atoms with Crippen LogP contribution >= 0.6 is 0 Å². The summed E-state index contributed by atoms with van der Waals surface area (Å²) in [6.07, 6.45) is -4.72. The van der Waals surface area contributed by atoms with Crippen LogP contribution in [0, 0.1) is 5.82 Å². The maximum absolute atomic E-state index is 13.7. The molecule has 1 amide bonds. The summed E-state index contributed by atoms with van der Waals surface area (Å²) in [5.74, 6) is -1.36. The molecule has 1 heterocycles. The van der Waals surface area contributed by atoms with Gasteiger partial charge in [0.1, 0.15) is 11.3 Å². The molecule has 0 aliphatic rings. The van der Waals surface area contributed by atoms with Gasteiger partial charge in [-0.25, -0.2) is 4.39 Å². The summed E-state index contributed by atoms with van der Waals surface area (Å²) in [6.45, 7) is -0.0415. The Morgan fingerprint density at radius 3 is 2.44 bits per heavy atom. The number of hydrogen-bond donors (Lipinski definition) is 1. The van der Waals surface area contributed by atoms with Crippen molar-refractivity contribution in [3.05, 3.63) is 63.3 Å². The Kier molecular flexibility index (Phi) is 5.15. The number of H-pyrrole nitrogens is 1. The maximum Gasteiger partial charge on any atom is 0.431 e. The molecule has 2 rings (SSSR count). The molecule has 2 aromatic rings. The van der Waals surface area contributed by atoms with Gasteiger partial charge in [0, 0.05) is 13.6 Å². The molecule has 0 fully saturated rings. The number of carbonyl (C=O) groups excluding carboxylic acids is 1. The summed E-state index contributed by atoms with van der Waals surface area (Å²) < 4.78 is 56.0. The molecule has 1 aromatic carbocycles. The molecule has 0 spiro atoms. The number of nitrogens with one attached hydrogen (secondary N) is 1. The highest BCUT2D eigenvalue weighted by molar-refractivity contribution is 5.93. The van der Waals surface area contributed by atoms with Gasteiger partial charge in [-0.2, -0.15) is 13.2 Å². The summed E-state index contributed by atoms with van der Waals surface area (Å²) in [5, 5.41) is 0. The van der Waals surface area contributed by atoms with E-state index in [0.29, 0.717) is 11.6 Å². The molecule has 0 unspecified atom stereocenters. The summed E-state index contributed by atoms with van der Waals surface area (Å²) >= 11 is 0. The molecule has 0 saturated heterocycles. The van der Waals surface area contributed by atoms with Crippen molar-refractivity contribution in [2.24, 2.45) is 0 Å². The van der Waals surface area contributed by atoms with Gasteiger partial charge in [-0.15, -0.1) is 0 Å². The predicted octanol–water partition coefficient (Wildman–Crippen LogP) is 2.81. The Morgan fingerprint density at radius 1 is 1.24 bits per heavy atom. The number of benzene rings is 1. The fraction of sp³-hybridized carbons (Fsp3) is 0.250. The van der Waals surface area contributed by atoms with Gasteiger partial charge < -0.3 is 14.6 Å². The van der Waals surface area contributed by atoms with Gasteiger partial charge in [0.15, 0.2) is 11.6 Å². The normalized spacial score (nSPS) is 11.3. The highest BCUT2D eigenvalue weighted by Gasteiger charge is 2.32. The van der Waals surface area contributed by atoms with Gasteiger partial charge >= 0.3 is 6.18 Å². The Balaban J connectivity index is 2.20. The molecular formula is C16H14F4N2O3. The van der Waals surface area contributed by atoms with Crippen LogP contribution in [-0.4, -0.2) is 29.9 Å². The van der Waals surface area contributed by atoms with Crippen molar-refractivity contribution in [1.82, 2.24) is 9.88 Å². The van der Waals surface area contributed by atoms with E-state index in [-0.39, 0.29) is 12.3 Å². The average Bonchev–Trinajstić information content (AvgIpc) is 2.53. The van der Waals surface area contributed by atoms with Gasteiger partial charge in [0.05, 0.1) is 7.11 Å². The van der Waals surface area contributed by atoms with E-state index in [4.69, 9.17) is 4.74 Å². The van der Waals surface area contributed by atoms with E-state index in [1.165, 1.54) is 32.4 Å². The van der Waals surface area contributed by atoms with Crippen LogP contribution < -0.4 is 10.3 Å². The monoisotopic (exact) mass is 358 g/mol. The van der Waals surface area contributed by atoms with Crippen molar-refractivity contribution in [3.8, 4) is 5.75 Å². The van der Waals surface area contributed by atoms with Crippen LogP contribution in [0.25, 0.3) is 0 Å². The molecule has 0 bridgehead atoms. The Morgan fingerprint density at radius 2 is 1.92 bits per heavy atom. The van der Waals surface area contributed by atoms with Crippen LogP contribution in [0.5, 0.6) is 5.75 Å². The van der Waals surface area contributed by atoms with Crippen molar-refractivity contribution in [3.63, 3.8) is 0 Å². The lowest BCUT2D eigenvalue weighted by Gasteiger charge is -2.17. The minimum atomic E-state index is -4.72. The number of methoxy groups -OCH3 is 1. The SMILES string of the molecule is COc1ccc(CN(C)C(=O)c2ccc(C(F)(F)F)[nH]c2=O)cc1F. The van der Waals surface area contributed by atoms with Crippen molar-refractivity contribution in [1.29, 1.82) is 0 Å². The summed E-state index contributed by atoms with van der Waals surface area (Å²) in [6, 6.07) is 5.51. The first-order valence-corrected chi connectivity index (χ1v) is 7.02. The van der Waals surface area contributed by atoms with Crippen LogP contribution in [0.3, 0.4) is 0 Å². The number of alkyl halides is 3. The minimum Gasteiger partial charge on any atom is -0.494 e. The van der Waals surface area contributed by atoms with Gasteiger partial charge in [-0.05, 0) is 29.8 Å². The predicted molar refractivity (Wildman–Crippen MR) is 80.8 cm³/mol. The molecule has 134 valence electrons. The number of hydrogen-bond acceptors (Lipinski definition) is 3. The molecule has 25 heavy (non-hydrogen) atoms. The number of aromatic nitrogens is 1. The third-order valence-corrected chi connectivity index (χ3v) is 3.43. The number of nitrogens with zero attached hydrogens (tertiary/aromatic N) is 1. The van der Waals surface area contributed by atoms with E-state index in [1.54, 1.807) is 4.98 Å². The molecule has 9 heteroatoms. The van der Waals surface area contributed by atoms with E-state index in [2.05, 4.69) is 0 Å². The third-order valence-electron chi connectivity index (χ3n) is 3.43. The Labute approximate surface area is 139 Å². The Bertz CT molecular complexity index is 846. The van der Waals surface area contributed by atoms with E-state index in [1.807, 2.05) is 0 Å². The molecule has 0 atom stereocenters. The molecule has 0 radical (unpaired) electrons. The summed E-state index contributed by atoms with van der Waals surface area (Å²) in [4.78, 5) is 26.7. The molecular weight excluding hydrogens is 344 g/mol. The van der Waals surface area contributed by atoms with Gasteiger partial charge in [-0.1, -0.05) is 6.07 Å². The van der Waals surface area contributed by atoms with Crippen LogP contribution in [0.15, 0.2) is 35.1 Å². The van der Waals surface area contributed by atoms with E-state index in [9.17, 15) is 27.2 Å². The molecule has 0 aliphatic heterocycles. The first-order chi connectivity index (χ1) is 11.6. The second-order valence-corrected chi connectivity index (χ2v) is 5.24. The van der Waals surface area contributed by atoms with Crippen molar-refractivity contribution >= 4 is 5.91 Å². The van der Waals surface area contributed by atoms with Gasteiger partial charge in [0.25, 0.3) is 11.5 Å². The average molecular weight is 358 g/mol. The summed E-state index contributed by atoms with van der Waals surface area (Å²) in [5.41, 5.74) is -2.40. The minimum absolute atomic E-state index is 0.0388. The molecule has 1 aromatic heterocycles. The van der Waals surface area contributed by atoms with Crippen molar-refractivity contribution < 1.29 is 27.1 Å². The zero-order valence-corrected chi connectivity index (χ0v) is 13.3. The molecule has 0 saturated carbocycles. The van der Waals surface area contributed by atoms with Gasteiger partial charge in [-0.3, -0.25) is 9.59 Å². The zero-order valence-electron chi connectivity index (χ0n) is 13.3. The van der Waals surface area contributed by atoms with Crippen LogP contribution in [0.2, 0.25) is 0 Å². The molecule has 1 N–H and O–H groups in total. The number of ether oxygens (including phenoxy) is 1. The first kappa shape index (κ1) is 18.5. The van der Waals surface area contributed by atoms with E-state index >= 15 is 0 Å². The highest BCUT2D eigenvalue weighted by atomic mass is 19.4. The lowest BCUT2D eigenvalue weighted by atomic mass is 10.1. The molecule has 0 aliphatic carbocycles. The number of pyridine rings is 1. The zero-order chi connectivity index (χ0) is 18.8. The van der Waals surface area contributed by atoms with Crippen LogP contribution in [0.4, 0.5) is 17.6 Å². The van der Waals surface area contributed by atoms with Crippen molar-refractivity contribution in [2.45, 2.75) is 12.7 Å². The molecule has 5 nitrogen and oxygen atoms in total. The quantitative estimate of drug-likeness (QED) is 0.855. The second-order valence-electron chi connectivity index (χ2n) is 5.24. The highest BCUT2D eigenvalue weighted by Crippen LogP contribution is 2.26. The smallest absolute Gasteiger partial charge is 0.431 e. The number of carbonyl (C=O) groups is 1. The lowest BCUT2D eigenvalue weighted by molar-refractivity contribution is -0.141. The summed E-state index contributed by atoms with van der Waals surface area (Å²) in [7, 11) is 2.66. The van der Waals surface area contributed by atoms with Crippen LogP contribution in [0.1, 0.15) is 21.6 Å². The Hall–Kier alpha value is -2.84. The third kappa shape index (κ3) is 4.17. The van der Waals surface area contributed by atoms with Gasteiger partial charge in [0.2, 0.25) is 0 Å². The second kappa shape index (κ2) is 6.96. The first-order valence-electron chi connectivity index (χ1n) is 7.02. The maximum atomic E-state index is 13.7. The standard InChI is InChI=1S/C16H14F4N2O3/c1-22(8-9-3-5-12(25-2)11(17)7-9)15(24)10-4-6-13(16(18,19)20)21-14(10)23/h3-7H,8H2,1-2H3,(H,21,23). The topological polar surface area (TPSA) is 62.4 Å². The van der Waals surface area contributed by atoms with E-state index < -0.39 is 34.7 Å². The number of halogens is 4. The largest absolute Gasteiger partial charge is 0.494 e. The fourth-order valence-electron chi connectivity index (χ4n) is 2.17. The lowest BCUT2D eigenvalue weighted by Crippen LogP contribution is -2.32. The van der Waals surface area contributed by atoms with Crippen molar-refractivity contribution in [2.75, 3.05) is 14.2 Å².